The summed E-state index contributed by atoms with van der Waals surface area (Å²) in [5, 5.41) is 0. The molecule has 4 nitrogen and oxygen atoms in total. The average Bonchev–Trinajstić information content (AvgIpc) is 2.30. The number of carbonyl (C=O) groups is 3. The molecule has 0 radical (unpaired) electrons. The highest BCUT2D eigenvalue weighted by Gasteiger charge is 2.04. The number of hydrogen-bond donors (Lipinski definition) is 0. The first-order chi connectivity index (χ1) is 6.83. The van der Waals surface area contributed by atoms with E-state index in [0.717, 1.165) is 0 Å². The molecule has 0 unspecified atom stereocenters. The monoisotopic (exact) mass is 208 g/mol. The van der Waals surface area contributed by atoms with E-state index in [0.29, 0.717) is 29.0 Å². The van der Waals surface area contributed by atoms with E-state index < -0.39 is 0 Å². The number of hydrogen-bond acceptors (Lipinski definition) is 4. The fourth-order valence-electron chi connectivity index (χ4n) is 0.943. The van der Waals surface area contributed by atoms with Crippen molar-refractivity contribution in [2.24, 2.45) is 0 Å². The van der Waals surface area contributed by atoms with Crippen LogP contribution in [-0.4, -0.2) is 29.0 Å². The van der Waals surface area contributed by atoms with Gasteiger partial charge in [0.05, 0.1) is 0 Å². The van der Waals surface area contributed by atoms with Crippen LogP contribution in [0.2, 0.25) is 0 Å². The van der Waals surface area contributed by atoms with Crippen LogP contribution in [0.25, 0.3) is 0 Å². The summed E-state index contributed by atoms with van der Waals surface area (Å²) in [7, 11) is 0.611. The fourth-order valence-corrected chi connectivity index (χ4v) is 0.943. The fraction of sp³-hybridized carbons (Fsp3) is 0. The Balaban J connectivity index is 0.000000791. The third kappa shape index (κ3) is 2.63. The van der Waals surface area contributed by atoms with Gasteiger partial charge in [-0.05, 0) is 0 Å². The molecule has 0 amide bonds. The Morgan fingerprint density at radius 3 is 1.57 bits per heavy atom. The topological polar surface area (TPSA) is 68.3 Å². The predicted molar refractivity (Wildman–Crippen MR) is 51.8 cm³/mol. The molecule has 1 rings (SSSR count). The standard InChI is InChI=1S/C9H6O3.H2OSi/c10-4-7-2-1-3-8(5-11)9(7)6-12;1-2/h1-6H;2H2. The van der Waals surface area contributed by atoms with Crippen LogP contribution >= 0.6 is 0 Å². The van der Waals surface area contributed by atoms with Crippen molar-refractivity contribution < 1.29 is 18.8 Å². The zero-order chi connectivity index (χ0) is 11.0. The quantitative estimate of drug-likeness (QED) is 0.521. The van der Waals surface area contributed by atoms with Crippen LogP contribution in [0.5, 0.6) is 0 Å². The van der Waals surface area contributed by atoms with Gasteiger partial charge in [0.2, 0.25) is 10.1 Å². The zero-order valence-corrected chi connectivity index (χ0v) is 8.72. The predicted octanol–water partition coefficient (Wildman–Crippen LogP) is 0.0891. The molecule has 72 valence electrons. The summed E-state index contributed by atoms with van der Waals surface area (Å²) >= 11 is 0. The van der Waals surface area contributed by atoms with Crippen molar-refractivity contribution in [2.45, 2.75) is 0 Å². The second-order valence-electron chi connectivity index (χ2n) is 2.20. The Kier molecular flexibility index (Phi) is 5.89. The van der Waals surface area contributed by atoms with Crippen LogP contribution in [0, 0.1) is 0 Å². The number of carbonyl (C=O) groups excluding carboxylic acids is 3. The summed E-state index contributed by atoms with van der Waals surface area (Å²) in [6.07, 6.45) is 1.61. The lowest BCUT2D eigenvalue weighted by molar-refractivity contribution is 0.108. The molecule has 0 aliphatic heterocycles. The van der Waals surface area contributed by atoms with Crippen molar-refractivity contribution in [1.29, 1.82) is 0 Å². The molecule has 5 heteroatoms. The minimum atomic E-state index is 0.155. The second kappa shape index (κ2) is 6.73. The van der Waals surface area contributed by atoms with E-state index in [1.165, 1.54) is 12.1 Å². The van der Waals surface area contributed by atoms with Crippen LogP contribution in [0.1, 0.15) is 31.1 Å². The highest BCUT2D eigenvalue weighted by Crippen LogP contribution is 2.08. The van der Waals surface area contributed by atoms with Gasteiger partial charge in [-0.3, -0.25) is 14.4 Å². The minimum Gasteiger partial charge on any atom is -0.396 e. The lowest BCUT2D eigenvalue weighted by atomic mass is 10.0. The Labute approximate surface area is 83.4 Å². The maximum atomic E-state index is 10.4. The summed E-state index contributed by atoms with van der Waals surface area (Å²) < 4.78 is 8.28. The van der Waals surface area contributed by atoms with E-state index in [4.69, 9.17) is 4.46 Å². The van der Waals surface area contributed by atoms with Gasteiger partial charge in [-0.15, -0.1) is 0 Å². The first-order valence-corrected chi connectivity index (χ1v) is 4.18. The number of aldehydes is 3. The minimum absolute atomic E-state index is 0.155. The van der Waals surface area contributed by atoms with Crippen molar-refractivity contribution in [3.63, 3.8) is 0 Å². The van der Waals surface area contributed by atoms with Gasteiger partial charge < -0.3 is 4.46 Å². The summed E-state index contributed by atoms with van der Waals surface area (Å²) in [6, 6.07) is 4.54. The zero-order valence-electron chi connectivity index (χ0n) is 7.30. The van der Waals surface area contributed by atoms with Crippen LogP contribution < -0.4 is 0 Å². The van der Waals surface area contributed by atoms with E-state index in [-0.39, 0.29) is 16.7 Å². The van der Waals surface area contributed by atoms with Gasteiger partial charge in [-0.2, -0.15) is 0 Å². The highest BCUT2D eigenvalue weighted by molar-refractivity contribution is 5.98. The van der Waals surface area contributed by atoms with Crippen LogP contribution in [0.4, 0.5) is 0 Å². The van der Waals surface area contributed by atoms with E-state index in [1.807, 2.05) is 0 Å². The average molecular weight is 208 g/mol. The van der Waals surface area contributed by atoms with E-state index >= 15 is 0 Å². The third-order valence-corrected chi connectivity index (χ3v) is 1.55. The molecule has 0 saturated heterocycles. The Bertz CT molecular complexity index is 322. The molecule has 0 bridgehead atoms. The molecule has 0 spiro atoms. The van der Waals surface area contributed by atoms with Gasteiger partial charge >= 0.3 is 0 Å². The molecule has 1 aromatic rings. The van der Waals surface area contributed by atoms with E-state index in [1.54, 1.807) is 6.07 Å². The molecule has 0 fully saturated rings. The van der Waals surface area contributed by atoms with Crippen molar-refractivity contribution in [1.82, 2.24) is 0 Å². The molecule has 0 aromatic heterocycles. The molecular formula is C9H8O4Si. The van der Waals surface area contributed by atoms with Crippen LogP contribution in [0.3, 0.4) is 0 Å². The maximum absolute atomic E-state index is 10.4. The van der Waals surface area contributed by atoms with Crippen molar-refractivity contribution >= 4 is 29.0 Å². The Morgan fingerprint density at radius 2 is 1.29 bits per heavy atom. The number of rotatable bonds is 3. The maximum Gasteiger partial charge on any atom is 0.245 e. The van der Waals surface area contributed by atoms with Gasteiger partial charge in [-0.25, -0.2) is 0 Å². The summed E-state index contributed by atoms with van der Waals surface area (Å²) in [5.74, 6) is 0. The highest BCUT2D eigenvalue weighted by atomic mass is 28.1. The molecule has 0 N–H and O–H groups in total. The van der Waals surface area contributed by atoms with Gasteiger partial charge in [0.15, 0.2) is 18.9 Å². The first kappa shape index (κ1) is 12.2. The van der Waals surface area contributed by atoms with Crippen molar-refractivity contribution in [3.8, 4) is 0 Å². The molecule has 0 aliphatic carbocycles. The summed E-state index contributed by atoms with van der Waals surface area (Å²) in [6.45, 7) is 0. The summed E-state index contributed by atoms with van der Waals surface area (Å²) in [4.78, 5) is 31.2. The molecule has 14 heavy (non-hydrogen) atoms. The normalized spacial score (nSPS) is 8.00. The Hall–Kier alpha value is -1.75. The van der Waals surface area contributed by atoms with E-state index in [9.17, 15) is 14.4 Å². The SMILES string of the molecule is O=Cc1cccc(C=O)c1C=O.O=[SiH2]. The van der Waals surface area contributed by atoms with Crippen LogP contribution in [-0.2, 0) is 4.46 Å². The molecular weight excluding hydrogens is 200 g/mol. The third-order valence-electron chi connectivity index (χ3n) is 1.55. The van der Waals surface area contributed by atoms with Gasteiger partial charge in [0.25, 0.3) is 0 Å². The first-order valence-electron chi connectivity index (χ1n) is 3.61. The Morgan fingerprint density at radius 1 is 0.857 bits per heavy atom. The largest absolute Gasteiger partial charge is 0.396 e. The molecule has 0 heterocycles. The van der Waals surface area contributed by atoms with Crippen molar-refractivity contribution in [3.05, 3.63) is 34.9 Å². The van der Waals surface area contributed by atoms with Gasteiger partial charge in [0, 0.05) is 16.7 Å². The summed E-state index contributed by atoms with van der Waals surface area (Å²) in [5.41, 5.74) is 0.645. The van der Waals surface area contributed by atoms with Gasteiger partial charge in [0.1, 0.15) is 0 Å². The lowest BCUT2D eigenvalue weighted by Gasteiger charge is -1.97. The van der Waals surface area contributed by atoms with Gasteiger partial charge in [-0.1, -0.05) is 18.2 Å². The molecule has 0 aliphatic rings. The second-order valence-corrected chi connectivity index (χ2v) is 2.20. The molecule has 1 aromatic carbocycles. The molecule has 0 saturated carbocycles. The van der Waals surface area contributed by atoms with Crippen molar-refractivity contribution in [2.75, 3.05) is 0 Å². The molecule has 0 atom stereocenters. The smallest absolute Gasteiger partial charge is 0.245 e. The van der Waals surface area contributed by atoms with E-state index in [2.05, 4.69) is 0 Å². The number of benzene rings is 1. The lowest BCUT2D eigenvalue weighted by Crippen LogP contribution is -1.96. The van der Waals surface area contributed by atoms with Crippen LogP contribution in [0.15, 0.2) is 18.2 Å².